The lowest BCUT2D eigenvalue weighted by atomic mass is 9.92. The SMILES string of the molecule is CCn1nccc1[C@@H]1OCCC[C@H]1CNCc1nncn1C. The van der Waals surface area contributed by atoms with Crippen LogP contribution in [-0.2, 0) is 24.9 Å². The van der Waals surface area contributed by atoms with Crippen LogP contribution >= 0.6 is 0 Å². The van der Waals surface area contributed by atoms with Crippen molar-refractivity contribution in [3.8, 4) is 0 Å². The molecule has 7 heteroatoms. The van der Waals surface area contributed by atoms with E-state index in [0.29, 0.717) is 5.92 Å². The fourth-order valence-electron chi connectivity index (χ4n) is 3.06. The van der Waals surface area contributed by atoms with Gasteiger partial charge < -0.3 is 14.6 Å². The number of ether oxygens (including phenoxy) is 1. The Morgan fingerprint density at radius 3 is 3.14 bits per heavy atom. The molecular weight excluding hydrogens is 280 g/mol. The molecule has 2 aromatic heterocycles. The summed E-state index contributed by atoms with van der Waals surface area (Å²) < 4.78 is 10.0. The smallest absolute Gasteiger partial charge is 0.146 e. The third kappa shape index (κ3) is 3.20. The van der Waals surface area contributed by atoms with Gasteiger partial charge in [-0.3, -0.25) is 4.68 Å². The Morgan fingerprint density at radius 2 is 2.36 bits per heavy atom. The molecule has 0 spiro atoms. The summed E-state index contributed by atoms with van der Waals surface area (Å²) in [6.07, 6.45) is 6.01. The summed E-state index contributed by atoms with van der Waals surface area (Å²) in [5.74, 6) is 1.41. The highest BCUT2D eigenvalue weighted by Crippen LogP contribution is 2.33. The van der Waals surface area contributed by atoms with E-state index in [1.165, 1.54) is 12.1 Å². The van der Waals surface area contributed by atoms with Crippen molar-refractivity contribution in [2.24, 2.45) is 13.0 Å². The Bertz CT molecular complexity index is 592. The van der Waals surface area contributed by atoms with Crippen molar-refractivity contribution in [1.82, 2.24) is 29.9 Å². The van der Waals surface area contributed by atoms with E-state index in [1.54, 1.807) is 6.33 Å². The van der Waals surface area contributed by atoms with Gasteiger partial charge in [0.2, 0.25) is 0 Å². The second-order valence-electron chi connectivity index (χ2n) is 5.75. The van der Waals surface area contributed by atoms with Crippen molar-refractivity contribution in [1.29, 1.82) is 0 Å². The van der Waals surface area contributed by atoms with E-state index in [2.05, 4.69) is 33.6 Å². The van der Waals surface area contributed by atoms with Gasteiger partial charge in [0.1, 0.15) is 18.3 Å². The fourth-order valence-corrected chi connectivity index (χ4v) is 3.06. The van der Waals surface area contributed by atoms with Gasteiger partial charge in [-0.25, -0.2) is 0 Å². The van der Waals surface area contributed by atoms with Crippen molar-refractivity contribution in [3.05, 3.63) is 30.1 Å². The van der Waals surface area contributed by atoms with Crippen LogP contribution in [0.5, 0.6) is 0 Å². The molecule has 1 saturated heterocycles. The van der Waals surface area contributed by atoms with Gasteiger partial charge in [0.05, 0.1) is 12.2 Å². The summed E-state index contributed by atoms with van der Waals surface area (Å²) in [5.41, 5.74) is 1.19. The topological polar surface area (TPSA) is 69.8 Å². The number of aryl methyl sites for hydroxylation is 2. The third-order valence-corrected chi connectivity index (χ3v) is 4.28. The maximum Gasteiger partial charge on any atom is 0.146 e. The predicted molar refractivity (Wildman–Crippen MR) is 82.0 cm³/mol. The highest BCUT2D eigenvalue weighted by atomic mass is 16.5. The summed E-state index contributed by atoms with van der Waals surface area (Å²) in [6, 6.07) is 2.08. The van der Waals surface area contributed by atoms with Gasteiger partial charge in [0, 0.05) is 38.9 Å². The molecule has 0 amide bonds. The average Bonchev–Trinajstić information content (AvgIpc) is 3.17. The first-order valence-electron chi connectivity index (χ1n) is 7.96. The molecule has 3 rings (SSSR count). The van der Waals surface area contributed by atoms with Crippen LogP contribution in [0.3, 0.4) is 0 Å². The summed E-state index contributed by atoms with van der Waals surface area (Å²) in [7, 11) is 1.96. The zero-order valence-electron chi connectivity index (χ0n) is 13.3. The number of nitrogens with zero attached hydrogens (tertiary/aromatic N) is 5. The lowest BCUT2D eigenvalue weighted by Gasteiger charge is -2.32. The first-order valence-corrected chi connectivity index (χ1v) is 7.96. The molecule has 2 aromatic rings. The van der Waals surface area contributed by atoms with Gasteiger partial charge in [-0.2, -0.15) is 5.10 Å². The van der Waals surface area contributed by atoms with E-state index in [-0.39, 0.29) is 6.10 Å². The highest BCUT2D eigenvalue weighted by molar-refractivity contribution is 5.07. The Balaban J connectivity index is 1.62. The fraction of sp³-hybridized carbons (Fsp3) is 0.667. The summed E-state index contributed by atoms with van der Waals surface area (Å²) >= 11 is 0. The second-order valence-corrected chi connectivity index (χ2v) is 5.75. The Morgan fingerprint density at radius 1 is 1.45 bits per heavy atom. The monoisotopic (exact) mass is 304 g/mol. The summed E-state index contributed by atoms with van der Waals surface area (Å²) in [4.78, 5) is 0. The number of aromatic nitrogens is 5. The molecule has 0 aromatic carbocycles. The molecule has 3 heterocycles. The van der Waals surface area contributed by atoms with Gasteiger partial charge in [0.15, 0.2) is 0 Å². The number of hydrogen-bond acceptors (Lipinski definition) is 5. The van der Waals surface area contributed by atoms with Crippen LogP contribution in [0.25, 0.3) is 0 Å². The lowest BCUT2D eigenvalue weighted by Crippen LogP contribution is -2.33. The molecule has 1 aliphatic heterocycles. The molecule has 0 aliphatic carbocycles. The average molecular weight is 304 g/mol. The zero-order valence-corrected chi connectivity index (χ0v) is 13.3. The van der Waals surface area contributed by atoms with Crippen molar-refractivity contribution >= 4 is 0 Å². The standard InChI is InChI=1S/C15H24N6O/c1-3-21-13(6-7-18-21)15-12(5-4-8-22-15)9-16-10-14-19-17-11-20(14)2/h6-7,11-12,15-16H,3-5,8-10H2,1-2H3/t12-,15+/m0/s1. The Kier molecular flexibility index (Phi) is 4.84. The largest absolute Gasteiger partial charge is 0.372 e. The molecule has 0 radical (unpaired) electrons. The minimum atomic E-state index is 0.128. The number of rotatable bonds is 6. The number of hydrogen-bond donors (Lipinski definition) is 1. The maximum atomic E-state index is 6.05. The van der Waals surface area contributed by atoms with E-state index < -0.39 is 0 Å². The van der Waals surface area contributed by atoms with E-state index in [9.17, 15) is 0 Å². The van der Waals surface area contributed by atoms with Crippen LogP contribution in [0.4, 0.5) is 0 Å². The van der Waals surface area contributed by atoms with E-state index >= 15 is 0 Å². The van der Waals surface area contributed by atoms with Crippen molar-refractivity contribution < 1.29 is 4.74 Å². The second kappa shape index (κ2) is 7.02. The van der Waals surface area contributed by atoms with Crippen LogP contribution in [0.2, 0.25) is 0 Å². The van der Waals surface area contributed by atoms with Crippen LogP contribution < -0.4 is 5.32 Å². The van der Waals surface area contributed by atoms with Crippen molar-refractivity contribution in [2.45, 2.75) is 39.0 Å². The van der Waals surface area contributed by atoms with Gasteiger partial charge in [0.25, 0.3) is 0 Å². The minimum absolute atomic E-state index is 0.128. The molecule has 0 unspecified atom stereocenters. The first-order chi connectivity index (χ1) is 10.8. The Labute approximate surface area is 130 Å². The Hall–Kier alpha value is -1.73. The normalized spacial score (nSPS) is 22.1. The molecular formula is C15H24N6O. The van der Waals surface area contributed by atoms with E-state index in [0.717, 1.165) is 38.5 Å². The summed E-state index contributed by atoms with van der Waals surface area (Å²) in [5, 5.41) is 15.9. The van der Waals surface area contributed by atoms with Crippen LogP contribution in [0.15, 0.2) is 18.6 Å². The molecule has 2 atom stereocenters. The summed E-state index contributed by atoms with van der Waals surface area (Å²) in [6.45, 7) is 5.46. The molecule has 1 aliphatic rings. The molecule has 1 N–H and O–H groups in total. The zero-order chi connectivity index (χ0) is 15.4. The van der Waals surface area contributed by atoms with Gasteiger partial charge in [-0.05, 0) is 25.8 Å². The molecule has 0 saturated carbocycles. The highest BCUT2D eigenvalue weighted by Gasteiger charge is 2.29. The molecule has 7 nitrogen and oxygen atoms in total. The van der Waals surface area contributed by atoms with E-state index in [1.807, 2.05) is 22.5 Å². The predicted octanol–water partition coefficient (Wildman–Crippen LogP) is 1.29. The minimum Gasteiger partial charge on any atom is -0.372 e. The van der Waals surface area contributed by atoms with Crippen molar-refractivity contribution in [2.75, 3.05) is 13.2 Å². The lowest BCUT2D eigenvalue weighted by molar-refractivity contribution is -0.0328. The molecule has 0 bridgehead atoms. The van der Waals surface area contributed by atoms with E-state index in [4.69, 9.17) is 4.74 Å². The van der Waals surface area contributed by atoms with Gasteiger partial charge in [-0.1, -0.05) is 0 Å². The van der Waals surface area contributed by atoms with Crippen LogP contribution in [0, 0.1) is 5.92 Å². The maximum absolute atomic E-state index is 6.05. The van der Waals surface area contributed by atoms with Crippen molar-refractivity contribution in [3.63, 3.8) is 0 Å². The van der Waals surface area contributed by atoms with Crippen LogP contribution in [-0.4, -0.2) is 37.7 Å². The quantitative estimate of drug-likeness (QED) is 0.871. The van der Waals surface area contributed by atoms with Crippen LogP contribution in [0.1, 0.15) is 37.4 Å². The van der Waals surface area contributed by atoms with Gasteiger partial charge in [-0.15, -0.1) is 10.2 Å². The molecule has 1 fully saturated rings. The number of nitrogens with one attached hydrogen (secondary N) is 1. The first kappa shape index (κ1) is 15.2. The molecule has 22 heavy (non-hydrogen) atoms. The molecule has 120 valence electrons. The third-order valence-electron chi connectivity index (χ3n) is 4.28. The van der Waals surface area contributed by atoms with Gasteiger partial charge >= 0.3 is 0 Å².